The second kappa shape index (κ2) is 5.45. The molecule has 0 atom stereocenters. The fraction of sp³-hybridized carbons (Fsp3) is 0.238. The van der Waals surface area contributed by atoms with Gasteiger partial charge in [-0.1, -0.05) is 57.2 Å². The number of ether oxygens (including phenoxy) is 1. The molecule has 2 aromatic carbocycles. The SMILES string of the molecule is CC(C)(C)c1nccc(Oc2cccc3c2Cc2ccccc2-3)n1. The van der Waals surface area contributed by atoms with Gasteiger partial charge in [0.05, 0.1) is 0 Å². The summed E-state index contributed by atoms with van der Waals surface area (Å²) in [5, 5.41) is 0. The topological polar surface area (TPSA) is 35.0 Å². The first-order valence-electron chi connectivity index (χ1n) is 8.24. The first-order valence-corrected chi connectivity index (χ1v) is 8.24. The molecule has 0 unspecified atom stereocenters. The molecule has 24 heavy (non-hydrogen) atoms. The lowest BCUT2D eigenvalue weighted by molar-refractivity contribution is 0.442. The molecule has 0 fully saturated rings. The smallest absolute Gasteiger partial charge is 0.222 e. The predicted octanol–water partition coefficient (Wildman–Crippen LogP) is 5.14. The van der Waals surface area contributed by atoms with Crippen LogP contribution in [-0.2, 0) is 11.8 Å². The Morgan fingerprint density at radius 3 is 2.54 bits per heavy atom. The van der Waals surface area contributed by atoms with Crippen LogP contribution in [0.1, 0.15) is 37.7 Å². The van der Waals surface area contributed by atoms with Crippen LogP contribution in [-0.4, -0.2) is 9.97 Å². The fourth-order valence-corrected chi connectivity index (χ4v) is 3.10. The van der Waals surface area contributed by atoms with E-state index in [-0.39, 0.29) is 5.41 Å². The molecule has 0 saturated carbocycles. The van der Waals surface area contributed by atoms with Crippen LogP contribution in [0.15, 0.2) is 54.7 Å². The molecule has 120 valence electrons. The zero-order chi connectivity index (χ0) is 16.7. The van der Waals surface area contributed by atoms with Crippen LogP contribution >= 0.6 is 0 Å². The van der Waals surface area contributed by atoms with E-state index in [1.165, 1.54) is 22.3 Å². The fourth-order valence-electron chi connectivity index (χ4n) is 3.10. The molecule has 4 rings (SSSR count). The van der Waals surface area contributed by atoms with Crippen LogP contribution in [0.5, 0.6) is 11.6 Å². The summed E-state index contributed by atoms with van der Waals surface area (Å²) in [6, 6.07) is 16.6. The van der Waals surface area contributed by atoms with Gasteiger partial charge in [0.2, 0.25) is 5.88 Å². The lowest BCUT2D eigenvalue weighted by Gasteiger charge is -2.17. The molecule has 3 aromatic rings. The summed E-state index contributed by atoms with van der Waals surface area (Å²) in [5.41, 5.74) is 5.04. The molecule has 1 aromatic heterocycles. The minimum atomic E-state index is -0.103. The summed E-state index contributed by atoms with van der Waals surface area (Å²) >= 11 is 0. The number of rotatable bonds is 2. The van der Waals surface area contributed by atoms with Gasteiger partial charge in [-0.05, 0) is 22.8 Å². The molecule has 0 spiro atoms. The van der Waals surface area contributed by atoms with Gasteiger partial charge in [0.15, 0.2) is 0 Å². The Morgan fingerprint density at radius 1 is 0.917 bits per heavy atom. The third-order valence-electron chi connectivity index (χ3n) is 4.32. The van der Waals surface area contributed by atoms with Crippen molar-refractivity contribution in [3.8, 4) is 22.8 Å². The first kappa shape index (κ1) is 14.9. The number of nitrogens with zero attached hydrogens (tertiary/aromatic N) is 2. The Bertz CT molecular complexity index is 910. The van der Waals surface area contributed by atoms with Crippen LogP contribution in [0.2, 0.25) is 0 Å². The number of fused-ring (bicyclic) bond motifs is 3. The summed E-state index contributed by atoms with van der Waals surface area (Å²) in [7, 11) is 0. The average molecular weight is 316 g/mol. The van der Waals surface area contributed by atoms with Gasteiger partial charge in [-0.3, -0.25) is 0 Å². The normalized spacial score (nSPS) is 12.6. The lowest BCUT2D eigenvalue weighted by Crippen LogP contribution is -2.15. The van der Waals surface area contributed by atoms with E-state index in [2.05, 4.69) is 61.1 Å². The Kier molecular flexibility index (Phi) is 3.38. The van der Waals surface area contributed by atoms with Gasteiger partial charge in [-0.25, -0.2) is 4.98 Å². The standard InChI is InChI=1S/C21H20N2O/c1-21(2,3)20-22-12-11-19(23-20)24-18-10-6-9-16-15-8-5-4-7-14(15)13-17(16)18/h4-12H,13H2,1-3H3. The van der Waals surface area contributed by atoms with E-state index in [1.54, 1.807) is 6.20 Å². The van der Waals surface area contributed by atoms with E-state index >= 15 is 0 Å². The summed E-state index contributed by atoms with van der Waals surface area (Å²) < 4.78 is 6.14. The molecule has 1 aliphatic rings. The molecular weight excluding hydrogens is 296 g/mol. The van der Waals surface area contributed by atoms with E-state index in [1.807, 2.05) is 18.2 Å². The highest BCUT2D eigenvalue weighted by atomic mass is 16.5. The summed E-state index contributed by atoms with van der Waals surface area (Å²) in [6.45, 7) is 6.30. The van der Waals surface area contributed by atoms with Gasteiger partial charge >= 0.3 is 0 Å². The van der Waals surface area contributed by atoms with Crippen LogP contribution < -0.4 is 4.74 Å². The van der Waals surface area contributed by atoms with E-state index in [0.29, 0.717) is 5.88 Å². The Labute approximate surface area is 142 Å². The maximum atomic E-state index is 6.14. The Hall–Kier alpha value is -2.68. The van der Waals surface area contributed by atoms with Crippen LogP contribution in [0.25, 0.3) is 11.1 Å². The van der Waals surface area contributed by atoms with Crippen molar-refractivity contribution < 1.29 is 4.74 Å². The number of benzene rings is 2. The van der Waals surface area contributed by atoms with E-state index in [9.17, 15) is 0 Å². The molecule has 0 amide bonds. The molecule has 1 aliphatic carbocycles. The van der Waals surface area contributed by atoms with E-state index in [0.717, 1.165) is 18.0 Å². The highest BCUT2D eigenvalue weighted by Crippen LogP contribution is 2.42. The van der Waals surface area contributed by atoms with Crippen LogP contribution in [0.3, 0.4) is 0 Å². The second-order valence-corrected chi connectivity index (χ2v) is 7.19. The lowest BCUT2D eigenvalue weighted by atomic mass is 9.96. The first-order chi connectivity index (χ1) is 11.5. The van der Waals surface area contributed by atoms with E-state index in [4.69, 9.17) is 4.74 Å². The third-order valence-corrected chi connectivity index (χ3v) is 4.32. The van der Waals surface area contributed by atoms with Gasteiger partial charge in [-0.15, -0.1) is 0 Å². The zero-order valence-electron chi connectivity index (χ0n) is 14.2. The number of aromatic nitrogens is 2. The molecule has 0 radical (unpaired) electrons. The highest BCUT2D eigenvalue weighted by Gasteiger charge is 2.22. The minimum absolute atomic E-state index is 0.103. The van der Waals surface area contributed by atoms with Gasteiger partial charge in [-0.2, -0.15) is 4.98 Å². The van der Waals surface area contributed by atoms with Gasteiger partial charge in [0.25, 0.3) is 0 Å². The quantitative estimate of drug-likeness (QED) is 0.514. The monoisotopic (exact) mass is 316 g/mol. The molecule has 0 aliphatic heterocycles. The molecule has 3 heteroatoms. The zero-order valence-corrected chi connectivity index (χ0v) is 14.2. The molecule has 1 heterocycles. The van der Waals surface area contributed by atoms with Gasteiger partial charge in [0.1, 0.15) is 11.6 Å². The van der Waals surface area contributed by atoms with Crippen LogP contribution in [0.4, 0.5) is 0 Å². The molecule has 0 saturated heterocycles. The predicted molar refractivity (Wildman–Crippen MR) is 95.5 cm³/mol. The van der Waals surface area contributed by atoms with Crippen molar-refractivity contribution in [2.75, 3.05) is 0 Å². The molecule has 0 bridgehead atoms. The maximum absolute atomic E-state index is 6.14. The molecular formula is C21H20N2O. The van der Waals surface area contributed by atoms with Gasteiger partial charge < -0.3 is 4.74 Å². The van der Waals surface area contributed by atoms with E-state index < -0.39 is 0 Å². The van der Waals surface area contributed by atoms with Crippen molar-refractivity contribution in [2.45, 2.75) is 32.6 Å². The second-order valence-electron chi connectivity index (χ2n) is 7.19. The maximum Gasteiger partial charge on any atom is 0.222 e. The van der Waals surface area contributed by atoms with Crippen LogP contribution in [0, 0.1) is 0 Å². The van der Waals surface area contributed by atoms with Crippen molar-refractivity contribution >= 4 is 0 Å². The van der Waals surface area contributed by atoms with Gasteiger partial charge in [0, 0.05) is 29.7 Å². The largest absolute Gasteiger partial charge is 0.439 e. The Morgan fingerprint density at radius 2 is 1.71 bits per heavy atom. The van der Waals surface area contributed by atoms with Crippen molar-refractivity contribution in [2.24, 2.45) is 0 Å². The minimum Gasteiger partial charge on any atom is -0.439 e. The third kappa shape index (κ3) is 2.56. The molecule has 3 nitrogen and oxygen atoms in total. The Balaban J connectivity index is 1.71. The highest BCUT2D eigenvalue weighted by molar-refractivity contribution is 5.79. The van der Waals surface area contributed by atoms with Crippen molar-refractivity contribution in [3.63, 3.8) is 0 Å². The summed E-state index contributed by atoms with van der Waals surface area (Å²) in [5.74, 6) is 2.26. The van der Waals surface area contributed by atoms with Crippen molar-refractivity contribution in [1.82, 2.24) is 9.97 Å². The summed E-state index contributed by atoms with van der Waals surface area (Å²) in [6.07, 6.45) is 2.67. The molecule has 0 N–H and O–H groups in total. The van der Waals surface area contributed by atoms with Crippen molar-refractivity contribution in [1.29, 1.82) is 0 Å². The average Bonchev–Trinajstić information content (AvgIpc) is 2.94. The van der Waals surface area contributed by atoms with Crippen molar-refractivity contribution in [3.05, 3.63) is 71.7 Å². The number of hydrogen-bond acceptors (Lipinski definition) is 3. The number of hydrogen-bond donors (Lipinski definition) is 0. The summed E-state index contributed by atoms with van der Waals surface area (Å²) in [4.78, 5) is 8.95.